The lowest BCUT2D eigenvalue weighted by molar-refractivity contribution is -0.181. The van der Waals surface area contributed by atoms with Crippen LogP contribution in [-0.2, 0) is 50.0 Å². The van der Waals surface area contributed by atoms with Gasteiger partial charge in [0.25, 0.3) is 0 Å². The third kappa shape index (κ3) is 6.09. The molecule has 0 amide bonds. The predicted octanol–water partition coefficient (Wildman–Crippen LogP) is 3.28. The fourth-order valence-electron chi connectivity index (χ4n) is 7.27. The maximum absolute atomic E-state index is 13.1. The van der Waals surface area contributed by atoms with Crippen molar-refractivity contribution in [3.63, 3.8) is 0 Å². The van der Waals surface area contributed by atoms with Crippen molar-refractivity contribution in [1.82, 2.24) is 4.90 Å². The molecule has 1 N–H and O–H groups in total. The number of rotatable bonds is 9. The Morgan fingerprint density at radius 3 is 2.35 bits per heavy atom. The highest BCUT2D eigenvalue weighted by atomic mass is 16.6. The van der Waals surface area contributed by atoms with E-state index in [1.165, 1.54) is 0 Å². The van der Waals surface area contributed by atoms with Crippen molar-refractivity contribution in [1.29, 1.82) is 0 Å². The third-order valence-corrected chi connectivity index (χ3v) is 9.04. The molecule has 0 radical (unpaired) electrons. The summed E-state index contributed by atoms with van der Waals surface area (Å²) in [5.74, 6) is -1.86. The minimum Gasteiger partial charge on any atom is -0.493 e. The Kier molecular flexibility index (Phi) is 8.70. The highest BCUT2D eigenvalue weighted by molar-refractivity contribution is 5.85. The van der Waals surface area contributed by atoms with Gasteiger partial charge in [0.05, 0.1) is 37.4 Å². The molecule has 46 heavy (non-hydrogen) atoms. The number of ether oxygens (including phenoxy) is 6. The largest absolute Gasteiger partial charge is 0.493 e. The molecule has 0 unspecified atom stereocenters. The van der Waals surface area contributed by atoms with Crippen molar-refractivity contribution in [2.45, 2.75) is 121 Å². The van der Waals surface area contributed by atoms with E-state index in [0.29, 0.717) is 24.3 Å². The van der Waals surface area contributed by atoms with Crippen LogP contribution in [0.15, 0.2) is 24.0 Å². The van der Waals surface area contributed by atoms with Crippen LogP contribution in [0.3, 0.4) is 0 Å². The van der Waals surface area contributed by atoms with Crippen LogP contribution < -0.4 is 9.47 Å². The van der Waals surface area contributed by atoms with Crippen LogP contribution >= 0.6 is 0 Å². The molecule has 1 saturated heterocycles. The standard InChI is InChI=1S/C34H45NO11/c1-31(2,3)45-26(38)18-22(30(39)46-32(4,5)6)43-25(37)12-11-24(36)42-21-13-14-34(40)23-17-19-9-10-20(41-8)28-27(19)33(34,29(21)44-28)15-16-35(23)7/h9-10,13,22-23,29,40H,11-12,14-18H2,1-8H3/t22-,23+,29+,33+,34-/m1/s1. The lowest BCUT2D eigenvalue weighted by Gasteiger charge is -2.61. The minimum absolute atomic E-state index is 0.152. The Balaban J connectivity index is 1.28. The Morgan fingerprint density at radius 2 is 1.70 bits per heavy atom. The molecular formula is C34H45NO11. The molecule has 2 heterocycles. The van der Waals surface area contributed by atoms with Gasteiger partial charge in [-0.2, -0.15) is 0 Å². The summed E-state index contributed by atoms with van der Waals surface area (Å²) in [4.78, 5) is 53.3. The average molecular weight is 644 g/mol. The topological polar surface area (TPSA) is 147 Å². The fourth-order valence-corrected chi connectivity index (χ4v) is 7.27. The number of esters is 4. The molecule has 1 fully saturated rings. The number of nitrogens with zero attached hydrogens (tertiary/aromatic N) is 1. The lowest BCUT2D eigenvalue weighted by Crippen LogP contribution is -2.74. The van der Waals surface area contributed by atoms with Gasteiger partial charge in [-0.15, -0.1) is 0 Å². The third-order valence-electron chi connectivity index (χ3n) is 9.04. The van der Waals surface area contributed by atoms with E-state index >= 15 is 0 Å². The summed E-state index contributed by atoms with van der Waals surface area (Å²) in [7, 11) is 3.57. The van der Waals surface area contributed by atoms with Gasteiger partial charge in [0, 0.05) is 18.0 Å². The van der Waals surface area contributed by atoms with Crippen LogP contribution in [0.5, 0.6) is 11.5 Å². The van der Waals surface area contributed by atoms with E-state index in [9.17, 15) is 24.3 Å². The van der Waals surface area contributed by atoms with Gasteiger partial charge in [-0.25, -0.2) is 4.79 Å². The van der Waals surface area contributed by atoms with Crippen LogP contribution in [-0.4, -0.2) is 89.6 Å². The molecule has 0 aromatic heterocycles. The number of hydrogen-bond donors (Lipinski definition) is 1. The average Bonchev–Trinajstić information content (AvgIpc) is 3.29. The fraction of sp³-hybridized carbons (Fsp3) is 0.647. The van der Waals surface area contributed by atoms with Crippen molar-refractivity contribution >= 4 is 23.9 Å². The number of carbonyl (C=O) groups excluding carboxylic acids is 4. The Bertz CT molecular complexity index is 1450. The Hall–Kier alpha value is -3.64. The summed E-state index contributed by atoms with van der Waals surface area (Å²) in [5, 5.41) is 12.3. The SMILES string of the molecule is COc1ccc2c3c1O[C@H]1C(OC(=O)CCC(=O)O[C@H](CC(=O)OC(C)(C)C)C(=O)OC(C)(C)C)=CC[C@@]4(O)[C@H](C2)N(C)CC[C@]314. The quantitative estimate of drug-likeness (QED) is 0.311. The van der Waals surface area contributed by atoms with Crippen LogP contribution in [0, 0.1) is 0 Å². The maximum atomic E-state index is 13.1. The van der Waals surface area contributed by atoms with Crippen LogP contribution in [0.4, 0.5) is 0 Å². The molecule has 2 bridgehead atoms. The molecule has 5 rings (SSSR count). The molecule has 1 aromatic rings. The van der Waals surface area contributed by atoms with Gasteiger partial charge < -0.3 is 38.4 Å². The van der Waals surface area contributed by atoms with Crippen LogP contribution in [0.2, 0.25) is 0 Å². The summed E-state index contributed by atoms with van der Waals surface area (Å²) >= 11 is 0. The van der Waals surface area contributed by atoms with Crippen molar-refractivity contribution in [2.75, 3.05) is 20.7 Å². The first-order chi connectivity index (χ1) is 21.4. The van der Waals surface area contributed by atoms with Crippen LogP contribution in [0.25, 0.3) is 0 Å². The number of likely N-dealkylation sites (tertiary alicyclic amines) is 1. The van der Waals surface area contributed by atoms with E-state index in [1.807, 2.05) is 19.2 Å². The van der Waals surface area contributed by atoms with Gasteiger partial charge in [-0.05, 0) is 85.7 Å². The molecule has 2 aliphatic heterocycles. The summed E-state index contributed by atoms with van der Waals surface area (Å²) < 4.78 is 33.9. The summed E-state index contributed by atoms with van der Waals surface area (Å²) in [5.41, 5.74) is -1.71. The van der Waals surface area contributed by atoms with Crippen LogP contribution in [0.1, 0.15) is 84.8 Å². The zero-order chi connectivity index (χ0) is 33.8. The zero-order valence-electron chi connectivity index (χ0n) is 27.9. The number of hydrogen-bond acceptors (Lipinski definition) is 12. The summed E-state index contributed by atoms with van der Waals surface area (Å²) in [6, 6.07) is 3.72. The van der Waals surface area contributed by atoms with Crippen molar-refractivity contribution in [3.8, 4) is 11.5 Å². The monoisotopic (exact) mass is 643 g/mol. The van der Waals surface area contributed by atoms with Gasteiger partial charge >= 0.3 is 23.9 Å². The summed E-state index contributed by atoms with van der Waals surface area (Å²) in [6.45, 7) is 10.7. The number of carbonyl (C=O) groups is 4. The molecule has 0 saturated carbocycles. The Morgan fingerprint density at radius 1 is 1.02 bits per heavy atom. The minimum atomic E-state index is -1.55. The number of likely N-dealkylation sites (N-methyl/N-ethyl adjacent to an activating group) is 1. The highest BCUT2D eigenvalue weighted by Gasteiger charge is 2.72. The van der Waals surface area contributed by atoms with E-state index in [-0.39, 0.29) is 24.6 Å². The molecule has 12 heteroatoms. The smallest absolute Gasteiger partial charge is 0.348 e. The van der Waals surface area contributed by atoms with Gasteiger partial charge in [-0.3, -0.25) is 14.4 Å². The maximum Gasteiger partial charge on any atom is 0.348 e. The van der Waals surface area contributed by atoms with Crippen molar-refractivity contribution in [3.05, 3.63) is 35.1 Å². The van der Waals surface area contributed by atoms with Gasteiger partial charge in [0.1, 0.15) is 17.0 Å². The molecular weight excluding hydrogens is 598 g/mol. The number of piperidine rings is 1. The van der Waals surface area contributed by atoms with E-state index in [0.717, 1.165) is 17.7 Å². The Labute approximate surface area is 269 Å². The first-order valence-electron chi connectivity index (χ1n) is 15.7. The van der Waals surface area contributed by atoms with Crippen molar-refractivity contribution < 1.29 is 52.7 Å². The first-order valence-corrected chi connectivity index (χ1v) is 15.7. The molecule has 5 atom stereocenters. The second-order valence-electron chi connectivity index (χ2n) is 14.6. The predicted molar refractivity (Wildman–Crippen MR) is 163 cm³/mol. The molecule has 252 valence electrons. The molecule has 2 aliphatic carbocycles. The number of methoxy groups -OCH3 is 1. The molecule has 1 aromatic carbocycles. The molecule has 1 spiro atoms. The summed E-state index contributed by atoms with van der Waals surface area (Å²) in [6.07, 6.45) is -0.436. The normalized spacial score (nSPS) is 26.9. The van der Waals surface area contributed by atoms with Gasteiger partial charge in [0.2, 0.25) is 6.10 Å². The number of benzene rings is 1. The van der Waals surface area contributed by atoms with Crippen molar-refractivity contribution in [2.24, 2.45) is 0 Å². The van der Waals surface area contributed by atoms with Gasteiger partial charge in [-0.1, -0.05) is 6.07 Å². The first kappa shape index (κ1) is 33.7. The highest BCUT2D eigenvalue weighted by Crippen LogP contribution is 2.65. The van der Waals surface area contributed by atoms with E-state index < -0.39 is 71.1 Å². The number of aliphatic hydroxyl groups is 1. The lowest BCUT2D eigenvalue weighted by atomic mass is 9.50. The second-order valence-corrected chi connectivity index (χ2v) is 14.6. The second kappa shape index (κ2) is 11.9. The molecule has 12 nitrogen and oxygen atoms in total. The van der Waals surface area contributed by atoms with Gasteiger partial charge in [0.15, 0.2) is 17.6 Å². The van der Waals surface area contributed by atoms with E-state index in [1.54, 1.807) is 54.7 Å². The molecule has 4 aliphatic rings. The van der Waals surface area contributed by atoms with E-state index in [2.05, 4.69) is 4.90 Å². The zero-order valence-corrected chi connectivity index (χ0v) is 27.9. The van der Waals surface area contributed by atoms with E-state index in [4.69, 9.17) is 28.4 Å².